The standard InChI is InChI=1S/C10H4Cl2FNO2S/c11-5-2-6(12)7(13)1-4(5)8-3-17-9(14-8)10(15)16/h1-3H,(H,15,16). The summed E-state index contributed by atoms with van der Waals surface area (Å²) >= 11 is 12.4. The summed E-state index contributed by atoms with van der Waals surface area (Å²) in [4.78, 5) is 14.5. The summed E-state index contributed by atoms with van der Waals surface area (Å²) in [5, 5.41) is 10.3. The van der Waals surface area contributed by atoms with Crippen LogP contribution in [0.4, 0.5) is 4.39 Å². The van der Waals surface area contributed by atoms with Crippen LogP contribution in [0.5, 0.6) is 0 Å². The molecule has 0 amide bonds. The Morgan fingerprint density at radius 3 is 2.65 bits per heavy atom. The molecule has 1 aromatic heterocycles. The van der Waals surface area contributed by atoms with Crippen LogP contribution in [0.2, 0.25) is 10.0 Å². The van der Waals surface area contributed by atoms with Crippen molar-refractivity contribution in [1.82, 2.24) is 4.98 Å². The zero-order valence-electron chi connectivity index (χ0n) is 8.08. The van der Waals surface area contributed by atoms with Gasteiger partial charge in [-0.2, -0.15) is 0 Å². The third kappa shape index (κ3) is 2.41. The molecule has 0 aliphatic heterocycles. The molecule has 2 rings (SSSR count). The molecule has 88 valence electrons. The molecule has 0 radical (unpaired) electrons. The van der Waals surface area contributed by atoms with Crippen LogP contribution in [0.15, 0.2) is 17.5 Å². The average molecular weight is 292 g/mol. The first-order chi connectivity index (χ1) is 7.99. The lowest BCUT2D eigenvalue weighted by Crippen LogP contribution is -1.94. The lowest BCUT2D eigenvalue weighted by atomic mass is 10.2. The van der Waals surface area contributed by atoms with Crippen molar-refractivity contribution in [3.05, 3.63) is 38.4 Å². The van der Waals surface area contributed by atoms with Crippen molar-refractivity contribution in [2.75, 3.05) is 0 Å². The van der Waals surface area contributed by atoms with Crippen molar-refractivity contribution in [1.29, 1.82) is 0 Å². The average Bonchev–Trinajstić information content (AvgIpc) is 2.72. The van der Waals surface area contributed by atoms with Gasteiger partial charge in [0.25, 0.3) is 0 Å². The SMILES string of the molecule is O=C(O)c1nc(-c2cc(F)c(Cl)cc2Cl)cs1. The summed E-state index contributed by atoms with van der Waals surface area (Å²) in [5.41, 5.74) is 0.630. The van der Waals surface area contributed by atoms with Crippen LogP contribution in [-0.2, 0) is 0 Å². The van der Waals surface area contributed by atoms with E-state index in [0.29, 0.717) is 11.3 Å². The highest BCUT2D eigenvalue weighted by Gasteiger charge is 2.14. The predicted octanol–water partition coefficient (Wildman–Crippen LogP) is 3.95. The highest BCUT2D eigenvalue weighted by Crippen LogP contribution is 2.32. The van der Waals surface area contributed by atoms with Crippen molar-refractivity contribution >= 4 is 40.5 Å². The molecule has 3 nitrogen and oxygen atoms in total. The zero-order valence-corrected chi connectivity index (χ0v) is 10.4. The Bertz CT molecular complexity index is 600. The first-order valence-corrected chi connectivity index (χ1v) is 5.96. The van der Waals surface area contributed by atoms with Crippen molar-refractivity contribution in [2.24, 2.45) is 0 Å². The smallest absolute Gasteiger partial charge is 0.365 e. The Morgan fingerprint density at radius 2 is 2.06 bits per heavy atom. The summed E-state index contributed by atoms with van der Waals surface area (Å²) in [7, 11) is 0. The molecule has 0 atom stereocenters. The number of hydrogen-bond acceptors (Lipinski definition) is 3. The van der Waals surface area contributed by atoms with E-state index in [1.165, 1.54) is 11.4 Å². The number of carbonyl (C=O) groups is 1. The summed E-state index contributed by atoms with van der Waals surface area (Å²) in [5.74, 6) is -1.76. The molecular weight excluding hydrogens is 288 g/mol. The molecule has 0 saturated carbocycles. The Hall–Kier alpha value is -1.17. The highest BCUT2D eigenvalue weighted by molar-refractivity contribution is 7.11. The van der Waals surface area contributed by atoms with Gasteiger partial charge < -0.3 is 5.11 Å². The van der Waals surface area contributed by atoms with Crippen LogP contribution in [-0.4, -0.2) is 16.1 Å². The minimum atomic E-state index is -1.13. The lowest BCUT2D eigenvalue weighted by molar-refractivity contribution is 0.0696. The third-order valence-corrected chi connectivity index (χ3v) is 3.41. The monoisotopic (exact) mass is 291 g/mol. The maximum atomic E-state index is 13.3. The van der Waals surface area contributed by atoms with Gasteiger partial charge >= 0.3 is 5.97 Å². The quantitative estimate of drug-likeness (QED) is 0.852. The Balaban J connectivity index is 2.52. The number of hydrogen-bond donors (Lipinski definition) is 1. The number of rotatable bonds is 2. The van der Waals surface area contributed by atoms with Gasteiger partial charge in [0, 0.05) is 10.9 Å². The summed E-state index contributed by atoms with van der Waals surface area (Å²) < 4.78 is 13.3. The maximum Gasteiger partial charge on any atom is 0.365 e. The molecular formula is C10H4Cl2FNO2S. The number of aromatic nitrogens is 1. The van der Waals surface area contributed by atoms with Gasteiger partial charge in [0.05, 0.1) is 15.7 Å². The van der Waals surface area contributed by atoms with Crippen LogP contribution in [0.25, 0.3) is 11.3 Å². The molecule has 0 fully saturated rings. The van der Waals surface area contributed by atoms with E-state index in [1.807, 2.05) is 0 Å². The van der Waals surface area contributed by atoms with E-state index in [4.69, 9.17) is 28.3 Å². The second-order valence-electron chi connectivity index (χ2n) is 3.09. The van der Waals surface area contributed by atoms with Gasteiger partial charge in [0.1, 0.15) is 5.82 Å². The minimum Gasteiger partial charge on any atom is -0.476 e. The van der Waals surface area contributed by atoms with E-state index in [1.54, 1.807) is 0 Å². The Kier molecular flexibility index (Phi) is 3.33. The van der Waals surface area contributed by atoms with Gasteiger partial charge in [-0.3, -0.25) is 0 Å². The predicted molar refractivity (Wildman–Crippen MR) is 64.5 cm³/mol. The van der Waals surface area contributed by atoms with Gasteiger partial charge in [-0.05, 0) is 12.1 Å². The third-order valence-electron chi connectivity index (χ3n) is 1.97. The topological polar surface area (TPSA) is 50.2 Å². The van der Waals surface area contributed by atoms with Crippen molar-refractivity contribution < 1.29 is 14.3 Å². The second-order valence-corrected chi connectivity index (χ2v) is 4.76. The normalized spacial score (nSPS) is 10.5. The van der Waals surface area contributed by atoms with Gasteiger partial charge in [-0.15, -0.1) is 11.3 Å². The van der Waals surface area contributed by atoms with Crippen LogP contribution < -0.4 is 0 Å². The van der Waals surface area contributed by atoms with E-state index in [9.17, 15) is 9.18 Å². The van der Waals surface area contributed by atoms with Gasteiger partial charge in [0.15, 0.2) is 0 Å². The summed E-state index contributed by atoms with van der Waals surface area (Å²) in [6.45, 7) is 0. The number of aromatic carboxylic acids is 1. The largest absolute Gasteiger partial charge is 0.476 e. The fourth-order valence-electron chi connectivity index (χ4n) is 1.21. The maximum absolute atomic E-state index is 13.3. The molecule has 0 bridgehead atoms. The number of halogens is 3. The van der Waals surface area contributed by atoms with E-state index >= 15 is 0 Å². The highest BCUT2D eigenvalue weighted by atomic mass is 35.5. The van der Waals surface area contributed by atoms with E-state index in [2.05, 4.69) is 4.98 Å². The van der Waals surface area contributed by atoms with Gasteiger partial charge in [0.2, 0.25) is 5.01 Å². The first kappa shape index (κ1) is 12.3. The molecule has 0 aliphatic carbocycles. The lowest BCUT2D eigenvalue weighted by Gasteiger charge is -2.02. The fourth-order valence-corrected chi connectivity index (χ4v) is 2.35. The molecule has 2 aromatic rings. The van der Waals surface area contributed by atoms with Crippen LogP contribution in [0.3, 0.4) is 0 Å². The molecule has 0 saturated heterocycles. The van der Waals surface area contributed by atoms with Crippen molar-refractivity contribution in [2.45, 2.75) is 0 Å². The molecule has 0 aliphatic rings. The van der Waals surface area contributed by atoms with Crippen molar-refractivity contribution in [3.8, 4) is 11.3 Å². The fraction of sp³-hybridized carbons (Fsp3) is 0. The summed E-state index contributed by atoms with van der Waals surface area (Å²) in [6, 6.07) is 2.39. The molecule has 1 N–H and O–H groups in total. The van der Waals surface area contributed by atoms with Crippen LogP contribution in [0, 0.1) is 5.82 Å². The Morgan fingerprint density at radius 1 is 1.35 bits per heavy atom. The van der Waals surface area contributed by atoms with Gasteiger partial charge in [-0.25, -0.2) is 14.2 Å². The Labute approximate surface area is 109 Å². The molecule has 17 heavy (non-hydrogen) atoms. The number of thiazole rings is 1. The summed E-state index contributed by atoms with van der Waals surface area (Å²) in [6.07, 6.45) is 0. The van der Waals surface area contributed by atoms with E-state index in [0.717, 1.165) is 17.4 Å². The zero-order chi connectivity index (χ0) is 12.6. The molecule has 7 heteroatoms. The van der Waals surface area contributed by atoms with E-state index < -0.39 is 11.8 Å². The molecule has 0 spiro atoms. The number of benzene rings is 1. The number of carboxylic acid groups (broad SMARTS) is 1. The van der Waals surface area contributed by atoms with Gasteiger partial charge in [-0.1, -0.05) is 23.2 Å². The van der Waals surface area contributed by atoms with Crippen molar-refractivity contribution in [3.63, 3.8) is 0 Å². The molecule has 1 aromatic carbocycles. The van der Waals surface area contributed by atoms with E-state index in [-0.39, 0.29) is 15.1 Å². The second kappa shape index (κ2) is 4.60. The minimum absolute atomic E-state index is 0.0774. The number of carboxylic acids is 1. The first-order valence-electron chi connectivity index (χ1n) is 4.33. The molecule has 0 unspecified atom stereocenters. The molecule has 1 heterocycles. The number of nitrogens with zero attached hydrogens (tertiary/aromatic N) is 1. The van der Waals surface area contributed by atoms with Crippen LogP contribution >= 0.6 is 34.5 Å². The van der Waals surface area contributed by atoms with Crippen LogP contribution in [0.1, 0.15) is 9.80 Å².